The first-order chi connectivity index (χ1) is 9.59. The lowest BCUT2D eigenvalue weighted by molar-refractivity contribution is -0.130. The Morgan fingerprint density at radius 1 is 1.50 bits per heavy atom. The maximum Gasteiger partial charge on any atom is 0.259 e. The lowest BCUT2D eigenvalue weighted by atomic mass is 10.1. The molecule has 0 atom stereocenters. The van der Waals surface area contributed by atoms with E-state index in [-0.39, 0.29) is 12.5 Å². The number of amides is 1. The monoisotopic (exact) mass is 279 g/mol. The van der Waals surface area contributed by atoms with Crippen LogP contribution in [0.4, 0.5) is 4.39 Å². The van der Waals surface area contributed by atoms with E-state index in [1.807, 2.05) is 0 Å². The van der Waals surface area contributed by atoms with Gasteiger partial charge in [-0.05, 0) is 18.6 Å². The fourth-order valence-electron chi connectivity index (χ4n) is 1.82. The average molecular weight is 279 g/mol. The van der Waals surface area contributed by atoms with Gasteiger partial charge in [0.15, 0.2) is 6.61 Å². The molecule has 0 unspecified atom stereocenters. The van der Waals surface area contributed by atoms with E-state index in [1.54, 1.807) is 26.2 Å². The Bertz CT molecular complexity index is 529. The molecule has 0 fully saturated rings. The molecule has 0 saturated heterocycles. The van der Waals surface area contributed by atoms with E-state index in [0.29, 0.717) is 23.7 Å². The van der Waals surface area contributed by atoms with E-state index in [9.17, 15) is 9.18 Å². The van der Waals surface area contributed by atoms with Crippen LogP contribution >= 0.6 is 0 Å². The van der Waals surface area contributed by atoms with Crippen molar-refractivity contribution in [2.45, 2.75) is 6.42 Å². The molecule has 1 aromatic rings. The summed E-state index contributed by atoms with van der Waals surface area (Å²) in [6.07, 6.45) is 0.924. The van der Waals surface area contributed by atoms with E-state index >= 15 is 0 Å². The van der Waals surface area contributed by atoms with Gasteiger partial charge < -0.3 is 15.0 Å². The first kappa shape index (κ1) is 14.3. The number of carbonyl (C=O) groups excluding carboxylic acids is 1. The molecule has 0 spiro atoms. The predicted molar refractivity (Wildman–Crippen MR) is 74.6 cm³/mol. The standard InChI is InChI=1S/C14H18FN3O2/c1-18(2)12(19)9-20-11-6-3-5-10(15)13(11)14-16-7-4-8-17-14/h3,5-6H,4,7-9H2,1-2H3,(H,16,17). The summed E-state index contributed by atoms with van der Waals surface area (Å²) in [6.45, 7) is 1.28. The fraction of sp³-hybridized carbons (Fsp3) is 0.429. The smallest absolute Gasteiger partial charge is 0.259 e. The molecule has 1 aliphatic rings. The highest BCUT2D eigenvalue weighted by atomic mass is 19.1. The molecule has 0 saturated carbocycles. The highest BCUT2D eigenvalue weighted by Gasteiger charge is 2.18. The number of likely N-dealkylation sites (N-methyl/N-ethyl adjacent to an activating group) is 1. The Hall–Kier alpha value is -2.11. The topological polar surface area (TPSA) is 53.9 Å². The number of hydrogen-bond donors (Lipinski definition) is 1. The lowest BCUT2D eigenvalue weighted by Crippen LogP contribution is -2.32. The maximum absolute atomic E-state index is 14.0. The van der Waals surface area contributed by atoms with Gasteiger partial charge in [-0.1, -0.05) is 6.07 Å². The number of halogens is 1. The molecule has 20 heavy (non-hydrogen) atoms. The number of aliphatic imine (C=N–C) groups is 1. The first-order valence-electron chi connectivity index (χ1n) is 6.49. The molecule has 108 valence electrons. The van der Waals surface area contributed by atoms with Crippen LogP contribution in [0, 0.1) is 5.82 Å². The van der Waals surface area contributed by atoms with Crippen molar-refractivity contribution in [2.24, 2.45) is 4.99 Å². The van der Waals surface area contributed by atoms with Crippen molar-refractivity contribution in [2.75, 3.05) is 33.8 Å². The number of amidine groups is 1. The van der Waals surface area contributed by atoms with Gasteiger partial charge in [-0.15, -0.1) is 0 Å². The molecule has 0 radical (unpaired) electrons. The van der Waals surface area contributed by atoms with E-state index in [4.69, 9.17) is 4.74 Å². The van der Waals surface area contributed by atoms with Gasteiger partial charge in [0.2, 0.25) is 0 Å². The predicted octanol–water partition coefficient (Wildman–Crippen LogP) is 1.03. The van der Waals surface area contributed by atoms with Gasteiger partial charge in [-0.3, -0.25) is 9.79 Å². The molecule has 1 N–H and O–H groups in total. The number of rotatable bonds is 4. The number of nitrogens with one attached hydrogen (secondary N) is 1. The summed E-state index contributed by atoms with van der Waals surface area (Å²) in [5.74, 6) is 0.224. The summed E-state index contributed by atoms with van der Waals surface area (Å²) in [7, 11) is 3.29. The van der Waals surface area contributed by atoms with Crippen LogP contribution < -0.4 is 10.1 Å². The first-order valence-corrected chi connectivity index (χ1v) is 6.49. The molecule has 5 nitrogen and oxygen atoms in total. The van der Waals surface area contributed by atoms with Crippen LogP contribution in [0.3, 0.4) is 0 Å². The van der Waals surface area contributed by atoms with Crippen LogP contribution in [0.25, 0.3) is 0 Å². The van der Waals surface area contributed by atoms with Crippen LogP contribution in [0.2, 0.25) is 0 Å². The molecule has 2 rings (SSSR count). The van der Waals surface area contributed by atoms with E-state index in [1.165, 1.54) is 11.0 Å². The van der Waals surface area contributed by atoms with Gasteiger partial charge in [-0.2, -0.15) is 0 Å². The van der Waals surface area contributed by atoms with Crippen LogP contribution in [0.1, 0.15) is 12.0 Å². The number of ether oxygens (including phenoxy) is 1. The van der Waals surface area contributed by atoms with Gasteiger partial charge in [0.25, 0.3) is 5.91 Å². The minimum absolute atomic E-state index is 0.128. The Kier molecular flexibility index (Phi) is 4.55. The Morgan fingerprint density at radius 2 is 2.30 bits per heavy atom. The van der Waals surface area contributed by atoms with Crippen LogP contribution in [-0.2, 0) is 4.79 Å². The van der Waals surface area contributed by atoms with Crippen molar-refractivity contribution in [3.63, 3.8) is 0 Å². The fourth-order valence-corrected chi connectivity index (χ4v) is 1.82. The molecule has 1 amide bonds. The molecule has 1 aromatic carbocycles. The largest absolute Gasteiger partial charge is 0.483 e. The van der Waals surface area contributed by atoms with Gasteiger partial charge >= 0.3 is 0 Å². The normalized spacial score (nSPS) is 14.2. The molecule has 0 bridgehead atoms. The molecule has 1 heterocycles. The summed E-state index contributed by atoms with van der Waals surface area (Å²) in [5.41, 5.74) is 0.291. The van der Waals surface area contributed by atoms with Gasteiger partial charge in [0.05, 0.1) is 5.56 Å². The van der Waals surface area contributed by atoms with Crippen molar-refractivity contribution >= 4 is 11.7 Å². The van der Waals surface area contributed by atoms with E-state index in [0.717, 1.165) is 13.0 Å². The minimum atomic E-state index is -0.409. The van der Waals surface area contributed by atoms with Crippen molar-refractivity contribution in [1.29, 1.82) is 0 Å². The van der Waals surface area contributed by atoms with Crippen LogP contribution in [0.5, 0.6) is 5.75 Å². The Balaban J connectivity index is 2.22. The third-order valence-corrected chi connectivity index (χ3v) is 2.96. The summed E-state index contributed by atoms with van der Waals surface area (Å²) < 4.78 is 19.5. The highest BCUT2D eigenvalue weighted by molar-refractivity contribution is 6.01. The molecule has 6 heteroatoms. The van der Waals surface area contributed by atoms with Crippen molar-refractivity contribution in [3.8, 4) is 5.75 Å². The van der Waals surface area contributed by atoms with E-state index in [2.05, 4.69) is 10.3 Å². The zero-order valence-corrected chi connectivity index (χ0v) is 11.6. The third kappa shape index (κ3) is 3.26. The van der Waals surface area contributed by atoms with Crippen molar-refractivity contribution in [3.05, 3.63) is 29.6 Å². The molecule has 0 aliphatic carbocycles. The van der Waals surface area contributed by atoms with Crippen molar-refractivity contribution in [1.82, 2.24) is 10.2 Å². The lowest BCUT2D eigenvalue weighted by Gasteiger charge is -2.18. The molecular formula is C14H18FN3O2. The Labute approximate surface area is 117 Å². The SMILES string of the molecule is CN(C)C(=O)COc1cccc(F)c1C1=NCCCN1. The molecular weight excluding hydrogens is 261 g/mol. The maximum atomic E-state index is 14.0. The summed E-state index contributed by atoms with van der Waals surface area (Å²) in [5, 5.41) is 3.06. The number of nitrogens with zero attached hydrogens (tertiary/aromatic N) is 2. The van der Waals surface area contributed by atoms with Gasteiger partial charge in [0, 0.05) is 27.2 Å². The average Bonchev–Trinajstić information content (AvgIpc) is 2.45. The summed E-state index contributed by atoms with van der Waals surface area (Å²) in [6, 6.07) is 4.55. The van der Waals surface area contributed by atoms with E-state index < -0.39 is 5.82 Å². The van der Waals surface area contributed by atoms with Crippen LogP contribution in [-0.4, -0.2) is 50.4 Å². The van der Waals surface area contributed by atoms with Crippen LogP contribution in [0.15, 0.2) is 23.2 Å². The summed E-state index contributed by atoms with van der Waals surface area (Å²) >= 11 is 0. The zero-order chi connectivity index (χ0) is 14.5. The quantitative estimate of drug-likeness (QED) is 0.895. The third-order valence-electron chi connectivity index (χ3n) is 2.96. The Morgan fingerprint density at radius 3 is 2.95 bits per heavy atom. The van der Waals surface area contributed by atoms with Crippen molar-refractivity contribution < 1.29 is 13.9 Å². The number of hydrogen-bond acceptors (Lipinski definition) is 4. The molecule has 0 aromatic heterocycles. The zero-order valence-electron chi connectivity index (χ0n) is 11.6. The second-order valence-electron chi connectivity index (χ2n) is 4.70. The molecule has 1 aliphatic heterocycles. The second-order valence-corrected chi connectivity index (χ2v) is 4.70. The van der Waals surface area contributed by atoms with Gasteiger partial charge in [0.1, 0.15) is 17.4 Å². The van der Waals surface area contributed by atoms with Gasteiger partial charge in [-0.25, -0.2) is 4.39 Å². The number of benzene rings is 1. The number of carbonyl (C=O) groups is 1. The second kappa shape index (κ2) is 6.36. The minimum Gasteiger partial charge on any atom is -0.483 e. The summed E-state index contributed by atoms with van der Waals surface area (Å²) in [4.78, 5) is 17.2. The highest BCUT2D eigenvalue weighted by Crippen LogP contribution is 2.22.